The molecule has 1 aliphatic heterocycles. The number of allylic oxidation sites excluding steroid dienone is 2. The molecule has 2 aromatic rings. The lowest BCUT2D eigenvalue weighted by atomic mass is 9.77. The van der Waals surface area contributed by atoms with Crippen LogP contribution in [0.15, 0.2) is 53.8 Å². The molecule has 0 radical (unpaired) electrons. The molecular weight excluding hydrogens is 316 g/mol. The lowest BCUT2D eigenvalue weighted by Crippen LogP contribution is -2.25. The summed E-state index contributed by atoms with van der Waals surface area (Å²) in [6.45, 7) is 0. The topological polar surface area (TPSA) is 44.8 Å². The third kappa shape index (κ3) is 2.68. The van der Waals surface area contributed by atoms with E-state index in [2.05, 4.69) is 0 Å². The van der Waals surface area contributed by atoms with Crippen molar-refractivity contribution < 1.29 is 19.0 Å². The van der Waals surface area contributed by atoms with Crippen LogP contribution in [0.3, 0.4) is 0 Å². The number of hydrogen-bond acceptors (Lipinski definition) is 4. The number of ketones is 1. The van der Waals surface area contributed by atoms with E-state index in [9.17, 15) is 4.79 Å². The molecule has 0 aromatic heterocycles. The van der Waals surface area contributed by atoms with E-state index in [1.165, 1.54) is 0 Å². The Labute approximate surface area is 147 Å². The highest BCUT2D eigenvalue weighted by Crippen LogP contribution is 2.47. The monoisotopic (exact) mass is 336 g/mol. The number of fused-ring (bicyclic) bond motifs is 1. The Morgan fingerprint density at radius 3 is 2.40 bits per heavy atom. The predicted molar refractivity (Wildman–Crippen MR) is 94.3 cm³/mol. The number of ether oxygens (including phenoxy) is 3. The zero-order chi connectivity index (χ0) is 17.4. The fraction of sp³-hybridized carbons (Fsp3) is 0.286. The first-order chi connectivity index (χ1) is 12.2. The van der Waals surface area contributed by atoms with Crippen molar-refractivity contribution in [3.8, 4) is 17.2 Å². The Hall–Kier alpha value is -2.75. The van der Waals surface area contributed by atoms with Gasteiger partial charge in [-0.15, -0.1) is 0 Å². The van der Waals surface area contributed by atoms with Crippen molar-refractivity contribution >= 4 is 5.78 Å². The lowest BCUT2D eigenvalue weighted by molar-refractivity contribution is -0.116. The van der Waals surface area contributed by atoms with E-state index in [4.69, 9.17) is 14.2 Å². The minimum Gasteiger partial charge on any atom is -0.497 e. The van der Waals surface area contributed by atoms with Gasteiger partial charge in [0.15, 0.2) is 5.78 Å². The standard InChI is InChI=1S/C21H20O4/c1-23-14-8-6-13(7-9-14)20-16-12-15(24-2)10-11-18(16)25-19-5-3-4-17(22)21(19)20/h6-12,20H,3-5H2,1-2H3/t20-/m1/s1. The normalized spacial score (nSPS) is 19.0. The Morgan fingerprint density at radius 1 is 0.960 bits per heavy atom. The van der Waals surface area contributed by atoms with Gasteiger partial charge in [0.05, 0.1) is 14.2 Å². The fourth-order valence-electron chi connectivity index (χ4n) is 3.67. The molecule has 4 rings (SSSR count). The largest absolute Gasteiger partial charge is 0.497 e. The Balaban J connectivity index is 1.90. The smallest absolute Gasteiger partial charge is 0.163 e. The summed E-state index contributed by atoms with van der Waals surface area (Å²) in [6, 6.07) is 13.7. The number of methoxy groups -OCH3 is 2. The summed E-state index contributed by atoms with van der Waals surface area (Å²) in [7, 11) is 3.29. The summed E-state index contributed by atoms with van der Waals surface area (Å²) in [5.74, 6) is 3.21. The predicted octanol–water partition coefficient (Wildman–Crippen LogP) is 4.24. The first kappa shape index (κ1) is 15.8. The van der Waals surface area contributed by atoms with Crippen molar-refractivity contribution in [2.45, 2.75) is 25.2 Å². The third-order valence-corrected chi connectivity index (χ3v) is 4.91. The van der Waals surface area contributed by atoms with Crippen molar-refractivity contribution in [3.05, 3.63) is 64.9 Å². The maximum atomic E-state index is 12.7. The molecule has 0 N–H and O–H groups in total. The van der Waals surface area contributed by atoms with E-state index >= 15 is 0 Å². The van der Waals surface area contributed by atoms with E-state index in [1.807, 2.05) is 42.5 Å². The van der Waals surface area contributed by atoms with Crippen molar-refractivity contribution in [2.75, 3.05) is 14.2 Å². The first-order valence-corrected chi connectivity index (χ1v) is 8.47. The maximum absolute atomic E-state index is 12.7. The average Bonchev–Trinajstić information content (AvgIpc) is 2.66. The van der Waals surface area contributed by atoms with Gasteiger partial charge in [-0.2, -0.15) is 0 Å². The minimum atomic E-state index is -0.132. The molecule has 0 bridgehead atoms. The SMILES string of the molecule is COc1ccc([C@H]2C3=C(CCCC3=O)Oc3ccc(OC)cc32)cc1. The molecule has 128 valence electrons. The van der Waals surface area contributed by atoms with Crippen molar-refractivity contribution in [2.24, 2.45) is 0 Å². The molecule has 0 fully saturated rings. The first-order valence-electron chi connectivity index (χ1n) is 8.47. The molecule has 0 spiro atoms. The second kappa shape index (κ2) is 6.28. The zero-order valence-corrected chi connectivity index (χ0v) is 14.4. The molecule has 25 heavy (non-hydrogen) atoms. The van der Waals surface area contributed by atoms with Crippen molar-refractivity contribution in [1.29, 1.82) is 0 Å². The number of hydrogen-bond donors (Lipinski definition) is 0. The van der Waals surface area contributed by atoms with Gasteiger partial charge >= 0.3 is 0 Å². The van der Waals surface area contributed by atoms with E-state index in [1.54, 1.807) is 14.2 Å². The van der Waals surface area contributed by atoms with E-state index in [0.717, 1.165) is 52.5 Å². The molecule has 0 unspecified atom stereocenters. The van der Waals surface area contributed by atoms with Gasteiger partial charge in [-0.25, -0.2) is 0 Å². The second-order valence-electron chi connectivity index (χ2n) is 6.33. The molecule has 0 saturated heterocycles. The van der Waals surface area contributed by atoms with Crippen molar-refractivity contribution in [3.63, 3.8) is 0 Å². The minimum absolute atomic E-state index is 0.132. The Bertz CT molecular complexity index is 849. The van der Waals surface area contributed by atoms with Crippen LogP contribution >= 0.6 is 0 Å². The zero-order valence-electron chi connectivity index (χ0n) is 14.4. The number of carbonyl (C=O) groups excluding carboxylic acids is 1. The molecule has 4 nitrogen and oxygen atoms in total. The Morgan fingerprint density at radius 2 is 1.68 bits per heavy atom. The quantitative estimate of drug-likeness (QED) is 0.841. The highest BCUT2D eigenvalue weighted by Gasteiger charge is 2.36. The molecule has 0 saturated carbocycles. The fourth-order valence-corrected chi connectivity index (χ4v) is 3.67. The van der Waals surface area contributed by atoms with E-state index in [0.29, 0.717) is 6.42 Å². The van der Waals surface area contributed by atoms with Crippen LogP contribution in [-0.4, -0.2) is 20.0 Å². The molecule has 2 aliphatic rings. The summed E-state index contributed by atoms with van der Waals surface area (Å²) in [5.41, 5.74) is 2.82. The molecule has 2 aromatic carbocycles. The highest BCUT2D eigenvalue weighted by molar-refractivity contribution is 5.99. The van der Waals surface area contributed by atoms with Gasteiger partial charge in [0, 0.05) is 29.9 Å². The van der Waals surface area contributed by atoms with Crippen LogP contribution in [0.25, 0.3) is 0 Å². The molecule has 0 amide bonds. The number of rotatable bonds is 3. The van der Waals surface area contributed by atoms with Crippen LogP contribution in [0.1, 0.15) is 36.3 Å². The third-order valence-electron chi connectivity index (χ3n) is 4.91. The number of benzene rings is 2. The van der Waals surface area contributed by atoms with Crippen LogP contribution in [-0.2, 0) is 4.79 Å². The van der Waals surface area contributed by atoms with Crippen LogP contribution in [0.5, 0.6) is 17.2 Å². The van der Waals surface area contributed by atoms with Crippen molar-refractivity contribution in [1.82, 2.24) is 0 Å². The molecular formula is C21H20O4. The summed E-state index contributed by atoms with van der Waals surface area (Å²) in [5, 5.41) is 0. The van der Waals surface area contributed by atoms with Crippen LogP contribution < -0.4 is 14.2 Å². The van der Waals surface area contributed by atoms with Gasteiger partial charge < -0.3 is 14.2 Å². The molecule has 1 atom stereocenters. The van der Waals surface area contributed by atoms with Gasteiger partial charge in [-0.05, 0) is 42.3 Å². The highest BCUT2D eigenvalue weighted by atomic mass is 16.5. The van der Waals surface area contributed by atoms with Crippen LogP contribution in [0, 0.1) is 0 Å². The Kier molecular flexibility index (Phi) is 3.96. The van der Waals surface area contributed by atoms with Gasteiger partial charge in [0.1, 0.15) is 23.0 Å². The summed E-state index contributed by atoms with van der Waals surface area (Å²) < 4.78 is 16.7. The summed E-state index contributed by atoms with van der Waals surface area (Å²) in [6.07, 6.45) is 2.23. The number of carbonyl (C=O) groups is 1. The van der Waals surface area contributed by atoms with E-state index in [-0.39, 0.29) is 11.7 Å². The molecule has 1 aliphatic carbocycles. The molecule has 4 heteroatoms. The van der Waals surface area contributed by atoms with E-state index < -0.39 is 0 Å². The van der Waals surface area contributed by atoms with Gasteiger partial charge in [0.2, 0.25) is 0 Å². The van der Waals surface area contributed by atoms with Gasteiger partial charge in [0.25, 0.3) is 0 Å². The second-order valence-corrected chi connectivity index (χ2v) is 6.33. The average molecular weight is 336 g/mol. The van der Waals surface area contributed by atoms with Crippen LogP contribution in [0.2, 0.25) is 0 Å². The molecule has 1 heterocycles. The number of Topliss-reactive ketones (excluding diaryl/α,β-unsaturated/α-hetero) is 1. The van der Waals surface area contributed by atoms with Gasteiger partial charge in [-0.1, -0.05) is 12.1 Å². The van der Waals surface area contributed by atoms with Gasteiger partial charge in [-0.3, -0.25) is 4.79 Å². The summed E-state index contributed by atoms with van der Waals surface area (Å²) in [4.78, 5) is 12.7. The summed E-state index contributed by atoms with van der Waals surface area (Å²) >= 11 is 0. The maximum Gasteiger partial charge on any atom is 0.163 e. The lowest BCUT2D eigenvalue weighted by Gasteiger charge is -2.33. The van der Waals surface area contributed by atoms with Crippen LogP contribution in [0.4, 0.5) is 0 Å².